The number of esters is 1. The summed E-state index contributed by atoms with van der Waals surface area (Å²) in [5.74, 6) is -0.0155. The van der Waals surface area contributed by atoms with Crippen LogP contribution in [0, 0.1) is 17.3 Å². The first kappa shape index (κ1) is 18.7. The maximum atomic E-state index is 12.9. The summed E-state index contributed by atoms with van der Waals surface area (Å²) in [4.78, 5) is 25.2. The number of Topliss-reactive ketones (excluding diaryl/α,β-unsaturated/α-hetero) is 1. The first-order valence-electron chi connectivity index (χ1n) is 8.12. The lowest BCUT2D eigenvalue weighted by molar-refractivity contribution is -0.173. The zero-order valence-corrected chi connectivity index (χ0v) is 14.5. The van der Waals surface area contributed by atoms with E-state index >= 15 is 0 Å². The van der Waals surface area contributed by atoms with Crippen molar-refractivity contribution in [3.05, 3.63) is 25.3 Å². The van der Waals surface area contributed by atoms with Crippen LogP contribution >= 0.6 is 0 Å². The molecule has 1 aliphatic carbocycles. The maximum absolute atomic E-state index is 12.9. The molecule has 22 heavy (non-hydrogen) atoms. The third kappa shape index (κ3) is 4.82. The van der Waals surface area contributed by atoms with Crippen LogP contribution in [-0.4, -0.2) is 17.4 Å². The highest BCUT2D eigenvalue weighted by Gasteiger charge is 2.49. The Morgan fingerprint density at radius 3 is 2.00 bits per heavy atom. The summed E-state index contributed by atoms with van der Waals surface area (Å²) in [5, 5.41) is 0. The molecule has 0 unspecified atom stereocenters. The van der Waals surface area contributed by atoms with Crippen molar-refractivity contribution in [2.45, 2.75) is 65.4 Å². The number of hydrogen-bond acceptors (Lipinski definition) is 3. The molecule has 1 rings (SSSR count). The highest BCUT2D eigenvalue weighted by Crippen LogP contribution is 2.47. The molecule has 0 aromatic heterocycles. The predicted molar refractivity (Wildman–Crippen MR) is 89.4 cm³/mol. The molecule has 0 bridgehead atoms. The molecule has 3 heteroatoms. The summed E-state index contributed by atoms with van der Waals surface area (Å²) in [7, 11) is 0. The Bertz CT molecular complexity index is 428. The van der Waals surface area contributed by atoms with Gasteiger partial charge < -0.3 is 4.74 Å². The van der Waals surface area contributed by atoms with Gasteiger partial charge in [0.05, 0.1) is 5.41 Å². The summed E-state index contributed by atoms with van der Waals surface area (Å²) in [6.45, 7) is 14.7. The normalized spacial score (nSPS) is 16.7. The minimum absolute atomic E-state index is 0.0569. The molecule has 3 nitrogen and oxygen atoms in total. The quantitative estimate of drug-likeness (QED) is 0.466. The van der Waals surface area contributed by atoms with E-state index in [-0.39, 0.29) is 17.7 Å². The van der Waals surface area contributed by atoms with Crippen LogP contribution in [0.1, 0.15) is 59.8 Å². The molecule has 0 heterocycles. The molecule has 0 aromatic rings. The van der Waals surface area contributed by atoms with Gasteiger partial charge in [-0.2, -0.15) is 0 Å². The fourth-order valence-electron chi connectivity index (χ4n) is 3.04. The fraction of sp³-hybridized carbons (Fsp3) is 0.684. The molecule has 1 fully saturated rings. The van der Waals surface area contributed by atoms with Crippen molar-refractivity contribution >= 4 is 11.8 Å². The van der Waals surface area contributed by atoms with Crippen LogP contribution in [0.2, 0.25) is 0 Å². The molecule has 0 saturated heterocycles. The minimum Gasteiger partial charge on any atom is -0.460 e. The second kappa shape index (κ2) is 7.26. The van der Waals surface area contributed by atoms with Gasteiger partial charge in [-0.05, 0) is 52.9 Å². The Kier molecular flexibility index (Phi) is 6.16. The largest absolute Gasteiger partial charge is 0.460 e. The SMILES string of the molecule is C=CCC(CC=C)(C(=O)OC(C)(C)C)[C@@H](CC1CC1)C(C)=O. The van der Waals surface area contributed by atoms with Crippen molar-refractivity contribution < 1.29 is 14.3 Å². The number of carbonyl (C=O) groups excluding carboxylic acids is 2. The van der Waals surface area contributed by atoms with E-state index < -0.39 is 11.0 Å². The first-order valence-corrected chi connectivity index (χ1v) is 8.12. The predicted octanol–water partition coefficient (Wildman–Crippen LogP) is 4.47. The van der Waals surface area contributed by atoms with Gasteiger partial charge in [-0.3, -0.25) is 9.59 Å². The summed E-state index contributed by atoms with van der Waals surface area (Å²) in [5.41, 5.74) is -1.45. The molecule has 0 amide bonds. The number of ketones is 1. The van der Waals surface area contributed by atoms with Gasteiger partial charge in [-0.25, -0.2) is 0 Å². The van der Waals surface area contributed by atoms with Crippen LogP contribution in [0.25, 0.3) is 0 Å². The summed E-state index contributed by atoms with van der Waals surface area (Å²) < 4.78 is 5.65. The number of hydrogen-bond donors (Lipinski definition) is 0. The zero-order chi connectivity index (χ0) is 17.0. The van der Waals surface area contributed by atoms with Crippen LogP contribution in [0.15, 0.2) is 25.3 Å². The van der Waals surface area contributed by atoms with Crippen molar-refractivity contribution in [2.75, 3.05) is 0 Å². The number of allylic oxidation sites excluding steroid dienone is 2. The van der Waals surface area contributed by atoms with Crippen molar-refractivity contribution in [3.63, 3.8) is 0 Å². The second-order valence-electron chi connectivity index (χ2n) is 7.49. The van der Waals surface area contributed by atoms with E-state index in [2.05, 4.69) is 13.2 Å². The monoisotopic (exact) mass is 306 g/mol. The molecule has 0 radical (unpaired) electrons. The van der Waals surface area contributed by atoms with Crippen LogP contribution < -0.4 is 0 Å². The Balaban J connectivity index is 3.20. The van der Waals surface area contributed by atoms with E-state index in [0.717, 1.165) is 19.3 Å². The fourth-order valence-corrected chi connectivity index (χ4v) is 3.04. The molecular formula is C19H30O3. The van der Waals surface area contributed by atoms with Crippen molar-refractivity contribution in [3.8, 4) is 0 Å². The lowest BCUT2D eigenvalue weighted by atomic mass is 9.66. The van der Waals surface area contributed by atoms with Gasteiger partial charge in [0.15, 0.2) is 0 Å². The molecule has 0 spiro atoms. The van der Waals surface area contributed by atoms with E-state index in [4.69, 9.17) is 4.74 Å². The number of carbonyl (C=O) groups is 2. The van der Waals surface area contributed by atoms with E-state index in [9.17, 15) is 9.59 Å². The third-order valence-corrected chi connectivity index (χ3v) is 4.25. The maximum Gasteiger partial charge on any atom is 0.313 e. The zero-order valence-electron chi connectivity index (χ0n) is 14.5. The van der Waals surface area contributed by atoms with Crippen LogP contribution in [0.5, 0.6) is 0 Å². The molecule has 124 valence electrons. The van der Waals surface area contributed by atoms with Gasteiger partial charge >= 0.3 is 5.97 Å². The highest BCUT2D eigenvalue weighted by atomic mass is 16.6. The Labute approximate surface area is 134 Å². The third-order valence-electron chi connectivity index (χ3n) is 4.25. The standard InChI is InChI=1S/C19H30O3/c1-7-11-19(12-8-2,17(21)22-18(4,5)6)16(14(3)20)13-15-9-10-15/h7-8,15-16H,1-2,9-13H2,3-6H3/t16-/m0/s1. The molecule has 1 saturated carbocycles. The van der Waals surface area contributed by atoms with Gasteiger partial charge in [-0.1, -0.05) is 25.0 Å². The molecule has 0 N–H and O–H groups in total. The van der Waals surface area contributed by atoms with E-state index in [1.54, 1.807) is 19.1 Å². The second-order valence-corrected chi connectivity index (χ2v) is 7.49. The van der Waals surface area contributed by atoms with Crippen LogP contribution in [0.4, 0.5) is 0 Å². The van der Waals surface area contributed by atoms with E-state index in [1.807, 2.05) is 20.8 Å². The average Bonchev–Trinajstić information content (AvgIpc) is 3.17. The molecule has 0 aliphatic heterocycles. The summed E-state index contributed by atoms with van der Waals surface area (Å²) >= 11 is 0. The lowest BCUT2D eigenvalue weighted by Gasteiger charge is -2.38. The first-order chi connectivity index (χ1) is 10.2. The van der Waals surface area contributed by atoms with Gasteiger partial charge in [-0.15, -0.1) is 13.2 Å². The van der Waals surface area contributed by atoms with Crippen molar-refractivity contribution in [1.29, 1.82) is 0 Å². The highest BCUT2D eigenvalue weighted by molar-refractivity contribution is 5.88. The average molecular weight is 306 g/mol. The number of ether oxygens (including phenoxy) is 1. The Morgan fingerprint density at radius 1 is 1.18 bits per heavy atom. The van der Waals surface area contributed by atoms with Crippen molar-refractivity contribution in [2.24, 2.45) is 17.3 Å². The van der Waals surface area contributed by atoms with Gasteiger partial charge in [0.2, 0.25) is 0 Å². The number of rotatable bonds is 9. The van der Waals surface area contributed by atoms with Gasteiger partial charge in [0.1, 0.15) is 11.4 Å². The lowest BCUT2D eigenvalue weighted by Crippen LogP contribution is -2.45. The van der Waals surface area contributed by atoms with Gasteiger partial charge in [0.25, 0.3) is 0 Å². The van der Waals surface area contributed by atoms with Crippen LogP contribution in [-0.2, 0) is 14.3 Å². The molecule has 0 aromatic carbocycles. The Hall–Kier alpha value is -1.38. The topological polar surface area (TPSA) is 43.4 Å². The smallest absolute Gasteiger partial charge is 0.313 e. The molecular weight excluding hydrogens is 276 g/mol. The minimum atomic E-state index is -0.870. The molecule has 1 aliphatic rings. The van der Waals surface area contributed by atoms with Crippen LogP contribution in [0.3, 0.4) is 0 Å². The summed E-state index contributed by atoms with van der Waals surface area (Å²) in [6, 6.07) is 0. The van der Waals surface area contributed by atoms with Gasteiger partial charge in [0, 0.05) is 5.92 Å². The summed E-state index contributed by atoms with van der Waals surface area (Å²) in [6.07, 6.45) is 7.37. The van der Waals surface area contributed by atoms with E-state index in [0.29, 0.717) is 18.8 Å². The van der Waals surface area contributed by atoms with E-state index in [1.165, 1.54) is 0 Å². The molecule has 1 atom stereocenters. The van der Waals surface area contributed by atoms with Crippen molar-refractivity contribution in [1.82, 2.24) is 0 Å². The Morgan fingerprint density at radius 2 is 1.68 bits per heavy atom.